The molecule has 0 bridgehead atoms. The molecule has 6 nitrogen and oxygen atoms in total. The first-order chi connectivity index (χ1) is 10.0. The fraction of sp³-hybridized carbons (Fsp3) is 0.267. The van der Waals surface area contributed by atoms with Crippen molar-refractivity contribution in [3.05, 3.63) is 68.6 Å². The van der Waals surface area contributed by atoms with E-state index in [9.17, 15) is 14.9 Å². The van der Waals surface area contributed by atoms with Crippen LogP contribution in [0.2, 0.25) is 0 Å². The molecule has 0 saturated heterocycles. The van der Waals surface area contributed by atoms with Crippen LogP contribution in [0.15, 0.2) is 47.4 Å². The van der Waals surface area contributed by atoms with Crippen molar-refractivity contribution in [1.29, 1.82) is 0 Å². The van der Waals surface area contributed by atoms with Crippen LogP contribution in [0.5, 0.6) is 0 Å². The third-order valence-electron chi connectivity index (χ3n) is 3.31. The van der Waals surface area contributed by atoms with Gasteiger partial charge in [-0.2, -0.15) is 0 Å². The summed E-state index contributed by atoms with van der Waals surface area (Å²) in [4.78, 5) is 21.7. The lowest BCUT2D eigenvalue weighted by molar-refractivity contribution is -0.384. The monoisotopic (exact) mass is 287 g/mol. The maximum atomic E-state index is 11.5. The molecule has 0 fully saturated rings. The molecule has 110 valence electrons. The zero-order valence-electron chi connectivity index (χ0n) is 11.9. The van der Waals surface area contributed by atoms with Crippen molar-refractivity contribution < 1.29 is 4.92 Å². The first-order valence-electron chi connectivity index (χ1n) is 6.72. The number of aromatic nitrogens is 1. The highest BCUT2D eigenvalue weighted by Crippen LogP contribution is 2.21. The third kappa shape index (κ3) is 3.47. The Labute approximate surface area is 122 Å². The number of nitrogens with one attached hydrogen (secondary N) is 1. The van der Waals surface area contributed by atoms with Crippen LogP contribution in [0.25, 0.3) is 0 Å². The number of hydrogen-bond acceptors (Lipinski definition) is 4. The van der Waals surface area contributed by atoms with Crippen LogP contribution in [-0.2, 0) is 6.54 Å². The minimum atomic E-state index is -0.418. The highest BCUT2D eigenvalue weighted by molar-refractivity contribution is 5.44. The van der Waals surface area contributed by atoms with E-state index in [2.05, 4.69) is 5.32 Å². The van der Waals surface area contributed by atoms with Crippen LogP contribution in [0.1, 0.15) is 25.5 Å². The average Bonchev–Trinajstić information content (AvgIpc) is 2.49. The number of non-ortho nitro benzene ring substituents is 1. The van der Waals surface area contributed by atoms with Crippen molar-refractivity contribution in [1.82, 2.24) is 4.57 Å². The molecular weight excluding hydrogens is 270 g/mol. The number of benzene rings is 1. The summed E-state index contributed by atoms with van der Waals surface area (Å²) in [5.41, 5.74) is 1.81. The Bertz CT molecular complexity index is 692. The second-order valence-electron chi connectivity index (χ2n) is 4.76. The number of anilines is 1. The molecule has 0 aliphatic heterocycles. The lowest BCUT2D eigenvalue weighted by Gasteiger charge is -2.16. The van der Waals surface area contributed by atoms with E-state index in [0.717, 1.165) is 11.3 Å². The number of nitro benzene ring substituents is 1. The van der Waals surface area contributed by atoms with Gasteiger partial charge in [0.1, 0.15) is 0 Å². The second kappa shape index (κ2) is 6.21. The van der Waals surface area contributed by atoms with Crippen LogP contribution in [-0.4, -0.2) is 9.49 Å². The summed E-state index contributed by atoms with van der Waals surface area (Å²) < 4.78 is 1.62. The van der Waals surface area contributed by atoms with Crippen molar-refractivity contribution in [2.24, 2.45) is 0 Å². The summed E-state index contributed by atoms with van der Waals surface area (Å²) in [5.74, 6) is 0. The van der Waals surface area contributed by atoms with Crippen LogP contribution in [0.3, 0.4) is 0 Å². The van der Waals surface area contributed by atoms with Gasteiger partial charge in [-0.05, 0) is 25.5 Å². The maximum Gasteiger partial charge on any atom is 0.269 e. The Kier molecular flexibility index (Phi) is 4.37. The maximum absolute atomic E-state index is 11.5. The van der Waals surface area contributed by atoms with Crippen molar-refractivity contribution >= 4 is 11.4 Å². The number of pyridine rings is 1. The number of hydrogen-bond donors (Lipinski definition) is 1. The predicted molar refractivity (Wildman–Crippen MR) is 81.5 cm³/mol. The highest BCUT2D eigenvalue weighted by Gasteiger charge is 2.09. The van der Waals surface area contributed by atoms with Gasteiger partial charge in [0.05, 0.1) is 10.6 Å². The third-order valence-corrected chi connectivity index (χ3v) is 3.31. The van der Waals surface area contributed by atoms with Gasteiger partial charge in [0, 0.05) is 37.0 Å². The number of nitro groups is 1. The van der Waals surface area contributed by atoms with Crippen LogP contribution in [0.4, 0.5) is 11.4 Å². The Morgan fingerprint density at radius 3 is 2.48 bits per heavy atom. The van der Waals surface area contributed by atoms with Crippen LogP contribution >= 0.6 is 0 Å². The zero-order valence-corrected chi connectivity index (χ0v) is 11.9. The molecular formula is C15H17N3O3. The number of nitrogens with zero attached hydrogens (tertiary/aromatic N) is 2. The Morgan fingerprint density at radius 2 is 1.90 bits per heavy atom. The summed E-state index contributed by atoms with van der Waals surface area (Å²) in [5, 5.41) is 13.9. The molecule has 0 aliphatic carbocycles. The average molecular weight is 287 g/mol. The summed E-state index contributed by atoms with van der Waals surface area (Å²) >= 11 is 0. The van der Waals surface area contributed by atoms with E-state index in [-0.39, 0.29) is 17.3 Å². The van der Waals surface area contributed by atoms with E-state index in [0.29, 0.717) is 6.54 Å². The predicted octanol–water partition coefficient (Wildman–Crippen LogP) is 2.95. The van der Waals surface area contributed by atoms with E-state index in [1.54, 1.807) is 29.0 Å². The SMILES string of the molecule is CCn1cc(NC(C)c2ccc([N+](=O)[O-])cc2)ccc1=O. The normalized spacial score (nSPS) is 11.9. The Morgan fingerprint density at radius 1 is 1.24 bits per heavy atom. The lowest BCUT2D eigenvalue weighted by Crippen LogP contribution is -2.18. The van der Waals surface area contributed by atoms with Gasteiger partial charge >= 0.3 is 0 Å². The molecule has 1 atom stereocenters. The van der Waals surface area contributed by atoms with Gasteiger partial charge in [-0.15, -0.1) is 0 Å². The van der Waals surface area contributed by atoms with Gasteiger partial charge < -0.3 is 9.88 Å². The zero-order chi connectivity index (χ0) is 15.4. The minimum Gasteiger partial charge on any atom is -0.377 e. The van der Waals surface area contributed by atoms with Gasteiger partial charge in [-0.3, -0.25) is 14.9 Å². The van der Waals surface area contributed by atoms with Crippen LogP contribution < -0.4 is 10.9 Å². The molecule has 2 rings (SSSR count). The summed E-state index contributed by atoms with van der Waals surface area (Å²) in [6.07, 6.45) is 1.77. The van der Waals surface area contributed by atoms with Crippen molar-refractivity contribution in [2.45, 2.75) is 26.4 Å². The largest absolute Gasteiger partial charge is 0.377 e. The molecule has 1 aromatic carbocycles. The molecule has 0 radical (unpaired) electrons. The van der Waals surface area contributed by atoms with E-state index in [4.69, 9.17) is 0 Å². The fourth-order valence-electron chi connectivity index (χ4n) is 2.08. The smallest absolute Gasteiger partial charge is 0.269 e. The molecule has 0 aliphatic rings. The highest BCUT2D eigenvalue weighted by atomic mass is 16.6. The van der Waals surface area contributed by atoms with Gasteiger partial charge in [-0.1, -0.05) is 12.1 Å². The lowest BCUT2D eigenvalue weighted by atomic mass is 10.1. The van der Waals surface area contributed by atoms with Crippen molar-refractivity contribution in [3.63, 3.8) is 0 Å². The Balaban J connectivity index is 2.15. The molecule has 6 heteroatoms. The number of rotatable bonds is 5. The van der Waals surface area contributed by atoms with E-state index < -0.39 is 4.92 Å². The first kappa shape index (κ1) is 14.8. The number of aryl methyl sites for hydroxylation is 1. The summed E-state index contributed by atoms with van der Waals surface area (Å²) in [6, 6.07) is 9.66. The molecule has 1 unspecified atom stereocenters. The van der Waals surface area contributed by atoms with Gasteiger partial charge in [0.2, 0.25) is 0 Å². The van der Waals surface area contributed by atoms with Crippen molar-refractivity contribution in [2.75, 3.05) is 5.32 Å². The topological polar surface area (TPSA) is 77.2 Å². The van der Waals surface area contributed by atoms with Gasteiger partial charge in [-0.25, -0.2) is 0 Å². The van der Waals surface area contributed by atoms with E-state index in [1.165, 1.54) is 18.2 Å². The van der Waals surface area contributed by atoms with Crippen molar-refractivity contribution in [3.8, 4) is 0 Å². The minimum absolute atomic E-state index is 0.0198. The summed E-state index contributed by atoms with van der Waals surface area (Å²) in [6.45, 7) is 4.48. The fourth-order valence-corrected chi connectivity index (χ4v) is 2.08. The van der Waals surface area contributed by atoms with E-state index in [1.807, 2.05) is 13.8 Å². The molecule has 1 heterocycles. The molecule has 1 aromatic heterocycles. The molecule has 1 N–H and O–H groups in total. The molecule has 0 spiro atoms. The molecule has 2 aromatic rings. The quantitative estimate of drug-likeness (QED) is 0.677. The van der Waals surface area contributed by atoms with Crippen LogP contribution in [0, 0.1) is 10.1 Å². The van der Waals surface area contributed by atoms with E-state index >= 15 is 0 Å². The van der Waals surface area contributed by atoms with Gasteiger partial charge in [0.25, 0.3) is 11.2 Å². The first-order valence-corrected chi connectivity index (χ1v) is 6.72. The Hall–Kier alpha value is -2.63. The second-order valence-corrected chi connectivity index (χ2v) is 4.76. The van der Waals surface area contributed by atoms with Gasteiger partial charge in [0.15, 0.2) is 0 Å². The summed E-state index contributed by atoms with van der Waals surface area (Å²) in [7, 11) is 0. The molecule has 0 saturated carbocycles. The molecule has 21 heavy (non-hydrogen) atoms. The standard InChI is InChI=1S/C15H17N3O3/c1-3-17-10-13(6-9-15(17)19)16-11(2)12-4-7-14(8-5-12)18(20)21/h4-11,16H,3H2,1-2H3. The molecule has 0 amide bonds.